The van der Waals surface area contributed by atoms with E-state index in [1.54, 1.807) is 24.3 Å². The number of halogens is 2. The predicted molar refractivity (Wildman–Crippen MR) is 161 cm³/mol. The highest BCUT2D eigenvalue weighted by Gasteiger charge is 2.27. The molecular formula is C34H38F2N4O. The lowest BCUT2D eigenvalue weighted by Gasteiger charge is -2.35. The van der Waals surface area contributed by atoms with Gasteiger partial charge in [-0.1, -0.05) is 44.2 Å². The molecule has 214 valence electrons. The van der Waals surface area contributed by atoms with E-state index in [0.717, 1.165) is 54.2 Å². The summed E-state index contributed by atoms with van der Waals surface area (Å²) in [6.07, 6.45) is 7.75. The van der Waals surface area contributed by atoms with Gasteiger partial charge in [0.1, 0.15) is 17.5 Å². The highest BCUT2D eigenvalue weighted by Crippen LogP contribution is 2.34. The Balaban J connectivity index is 1.25. The first-order valence-electron chi connectivity index (χ1n) is 14.7. The lowest BCUT2D eigenvalue weighted by atomic mass is 9.83. The van der Waals surface area contributed by atoms with Gasteiger partial charge in [0.25, 0.3) is 0 Å². The van der Waals surface area contributed by atoms with Crippen LogP contribution in [-0.4, -0.2) is 53.7 Å². The van der Waals surface area contributed by atoms with Gasteiger partial charge in [0.15, 0.2) is 0 Å². The van der Waals surface area contributed by atoms with Gasteiger partial charge in [0.2, 0.25) is 5.91 Å². The van der Waals surface area contributed by atoms with Crippen LogP contribution in [-0.2, 0) is 11.2 Å². The number of aryl methyl sites for hydroxylation is 1. The number of piperazine rings is 1. The number of aromatic nitrogens is 1. The number of allylic oxidation sites excluding steroid dienone is 1. The number of aliphatic imine (C=N–C) groups is 1. The van der Waals surface area contributed by atoms with Crippen molar-refractivity contribution in [2.75, 3.05) is 31.1 Å². The zero-order chi connectivity index (χ0) is 28.8. The van der Waals surface area contributed by atoms with Crippen LogP contribution in [0.2, 0.25) is 0 Å². The van der Waals surface area contributed by atoms with Gasteiger partial charge in [-0.15, -0.1) is 0 Å². The number of hydrogen-bond acceptors (Lipinski definition) is 4. The van der Waals surface area contributed by atoms with E-state index in [1.807, 2.05) is 17.2 Å². The molecule has 41 heavy (non-hydrogen) atoms. The zero-order valence-corrected chi connectivity index (χ0v) is 23.9. The summed E-state index contributed by atoms with van der Waals surface area (Å²) in [4.78, 5) is 27.1. The van der Waals surface area contributed by atoms with Gasteiger partial charge in [0, 0.05) is 50.4 Å². The molecule has 2 unspecified atom stereocenters. The second-order valence-electron chi connectivity index (χ2n) is 10.8. The molecule has 2 aliphatic rings. The largest absolute Gasteiger partial charge is 0.353 e. The Morgan fingerprint density at radius 3 is 2.20 bits per heavy atom. The van der Waals surface area contributed by atoms with Gasteiger partial charge in [0.05, 0.1) is 6.04 Å². The van der Waals surface area contributed by atoms with E-state index in [9.17, 15) is 13.6 Å². The van der Waals surface area contributed by atoms with Crippen LogP contribution in [0.1, 0.15) is 56.2 Å². The van der Waals surface area contributed by atoms with E-state index in [-0.39, 0.29) is 29.5 Å². The topological polar surface area (TPSA) is 48.8 Å². The summed E-state index contributed by atoms with van der Waals surface area (Å²) < 4.78 is 27.3. The highest BCUT2D eigenvalue weighted by atomic mass is 19.1. The van der Waals surface area contributed by atoms with Gasteiger partial charge in [-0.3, -0.25) is 9.79 Å². The van der Waals surface area contributed by atoms with Crippen molar-refractivity contribution in [3.8, 4) is 0 Å². The summed E-state index contributed by atoms with van der Waals surface area (Å²) in [5.74, 6) is 0.666. The summed E-state index contributed by atoms with van der Waals surface area (Å²) in [5.41, 5.74) is 5.11. The van der Waals surface area contributed by atoms with E-state index >= 15 is 0 Å². The quantitative estimate of drug-likeness (QED) is 0.294. The molecule has 2 atom stereocenters. The SMILES string of the molecule is CCc1ccnc(N2CCN(C(=O)CCCC3N=C(c4ccc(F)cc4)C(CC)C=C3c3ccc(F)cc3)CC2)c1. The minimum absolute atomic E-state index is 0.0715. The number of nitrogens with zero attached hydrogens (tertiary/aromatic N) is 4. The average Bonchev–Trinajstić information content (AvgIpc) is 3.01. The van der Waals surface area contributed by atoms with Crippen molar-refractivity contribution in [3.05, 3.63) is 101 Å². The normalized spacial score (nSPS) is 19.1. The molecule has 1 saturated heterocycles. The maximum Gasteiger partial charge on any atom is 0.222 e. The lowest BCUT2D eigenvalue weighted by molar-refractivity contribution is -0.131. The first-order chi connectivity index (χ1) is 19.9. The van der Waals surface area contributed by atoms with Crippen molar-refractivity contribution in [3.63, 3.8) is 0 Å². The van der Waals surface area contributed by atoms with E-state index in [4.69, 9.17) is 4.99 Å². The Morgan fingerprint density at radius 1 is 0.902 bits per heavy atom. The number of carbonyl (C=O) groups is 1. The molecule has 3 heterocycles. The van der Waals surface area contributed by atoms with E-state index in [0.29, 0.717) is 32.4 Å². The fourth-order valence-corrected chi connectivity index (χ4v) is 5.75. The number of carbonyl (C=O) groups excluding carboxylic acids is 1. The molecule has 2 aliphatic heterocycles. The van der Waals surface area contributed by atoms with Crippen LogP contribution >= 0.6 is 0 Å². The summed E-state index contributed by atoms with van der Waals surface area (Å²) in [6.45, 7) is 7.17. The van der Waals surface area contributed by atoms with Gasteiger partial charge in [-0.25, -0.2) is 13.8 Å². The molecule has 0 N–H and O–H groups in total. The lowest BCUT2D eigenvalue weighted by Crippen LogP contribution is -2.49. The standard InChI is InChI=1S/C34H38F2N4O/c1-3-24-16-17-37-32(22-24)39-18-20-40(21-19-39)33(41)7-5-6-31-30(26-8-12-28(35)13-9-26)23-25(4-2)34(38-31)27-10-14-29(36)15-11-27/h8-17,22-23,25,31H,3-7,18-21H2,1-2H3. The Hall–Kier alpha value is -3.87. The van der Waals surface area contributed by atoms with E-state index < -0.39 is 0 Å². The smallest absolute Gasteiger partial charge is 0.222 e. The number of rotatable bonds is 9. The third kappa shape index (κ3) is 6.89. The number of anilines is 1. The van der Waals surface area contributed by atoms with Crippen molar-refractivity contribution in [2.24, 2.45) is 10.9 Å². The van der Waals surface area contributed by atoms with Gasteiger partial charge in [-0.05, 0) is 84.3 Å². The first kappa shape index (κ1) is 28.7. The number of benzene rings is 2. The molecule has 0 radical (unpaired) electrons. The van der Waals surface area contributed by atoms with Crippen molar-refractivity contribution < 1.29 is 13.6 Å². The zero-order valence-electron chi connectivity index (χ0n) is 23.9. The highest BCUT2D eigenvalue weighted by molar-refractivity contribution is 6.06. The van der Waals surface area contributed by atoms with Gasteiger partial charge < -0.3 is 9.80 Å². The van der Waals surface area contributed by atoms with E-state index in [2.05, 4.69) is 35.9 Å². The molecule has 1 aromatic heterocycles. The van der Waals surface area contributed by atoms with Crippen LogP contribution < -0.4 is 4.90 Å². The Kier molecular flexibility index (Phi) is 9.22. The predicted octanol–water partition coefficient (Wildman–Crippen LogP) is 6.72. The number of hydrogen-bond donors (Lipinski definition) is 0. The molecule has 7 heteroatoms. The first-order valence-corrected chi connectivity index (χ1v) is 14.7. The fourth-order valence-electron chi connectivity index (χ4n) is 5.75. The number of amides is 1. The molecular weight excluding hydrogens is 518 g/mol. The molecule has 0 saturated carbocycles. The maximum absolute atomic E-state index is 13.7. The minimum Gasteiger partial charge on any atom is -0.353 e. The molecule has 1 fully saturated rings. The summed E-state index contributed by atoms with van der Waals surface area (Å²) >= 11 is 0. The summed E-state index contributed by atoms with van der Waals surface area (Å²) in [6, 6.07) is 17.1. The average molecular weight is 557 g/mol. The van der Waals surface area contributed by atoms with Crippen molar-refractivity contribution >= 4 is 23.0 Å². The van der Waals surface area contributed by atoms with Crippen molar-refractivity contribution in [1.82, 2.24) is 9.88 Å². The van der Waals surface area contributed by atoms with Crippen LogP contribution in [0.25, 0.3) is 5.57 Å². The summed E-state index contributed by atoms with van der Waals surface area (Å²) in [7, 11) is 0. The van der Waals surface area contributed by atoms with Crippen LogP contribution in [0, 0.1) is 17.6 Å². The molecule has 3 aromatic rings. The number of pyridine rings is 1. The van der Waals surface area contributed by atoms with Crippen LogP contribution in [0.5, 0.6) is 0 Å². The molecule has 1 amide bonds. The molecule has 2 aromatic carbocycles. The second kappa shape index (κ2) is 13.2. The Labute approximate surface area is 241 Å². The van der Waals surface area contributed by atoms with Crippen molar-refractivity contribution in [1.29, 1.82) is 0 Å². The summed E-state index contributed by atoms with van der Waals surface area (Å²) in [5, 5.41) is 0. The third-order valence-corrected chi connectivity index (χ3v) is 8.19. The number of dihydropyridines is 1. The fraction of sp³-hybridized carbons (Fsp3) is 0.382. The van der Waals surface area contributed by atoms with Crippen LogP contribution in [0.4, 0.5) is 14.6 Å². The van der Waals surface area contributed by atoms with E-state index in [1.165, 1.54) is 29.8 Å². The van der Waals surface area contributed by atoms with Gasteiger partial charge in [-0.2, -0.15) is 0 Å². The van der Waals surface area contributed by atoms with Crippen molar-refractivity contribution in [2.45, 2.75) is 52.0 Å². The maximum atomic E-state index is 13.7. The Morgan fingerprint density at radius 2 is 1.56 bits per heavy atom. The van der Waals surface area contributed by atoms with Crippen LogP contribution in [0.15, 0.2) is 77.9 Å². The molecule has 5 rings (SSSR count). The molecule has 0 bridgehead atoms. The van der Waals surface area contributed by atoms with Crippen LogP contribution in [0.3, 0.4) is 0 Å². The Bertz CT molecular complexity index is 1390. The minimum atomic E-state index is -0.276. The molecule has 5 nitrogen and oxygen atoms in total. The van der Waals surface area contributed by atoms with Gasteiger partial charge >= 0.3 is 0 Å². The molecule has 0 spiro atoms. The molecule has 0 aliphatic carbocycles. The monoisotopic (exact) mass is 556 g/mol. The third-order valence-electron chi connectivity index (χ3n) is 8.19. The second-order valence-corrected chi connectivity index (χ2v) is 10.8.